The summed E-state index contributed by atoms with van der Waals surface area (Å²) < 4.78 is 30.1. The zero-order valence-corrected chi connectivity index (χ0v) is 57.9. The molecule has 7 N–H and O–H groups in total. The SMILES string of the molecule is CN1CCC[C@@H](c2cccc(Nc3cnc(-c4ccnc5c4ccn5C)c4c3C(=O)NC4)n2)C1.COC[C@H]1CN(c2ccc(Nc3ccc(-c4cnc5cc(F)ccn45)c4c3C(=O)NC4)nc2)CCO1.Cn1cc2c(-c3ccc(Nc4ccc(N5CCC(O)CC5)cn4)c4c3CNC4=O)cnc-2cn1. The van der Waals surface area contributed by atoms with Gasteiger partial charge in [0.05, 0.1) is 119 Å². The summed E-state index contributed by atoms with van der Waals surface area (Å²) >= 11 is 0. The van der Waals surface area contributed by atoms with E-state index < -0.39 is 0 Å². The summed E-state index contributed by atoms with van der Waals surface area (Å²) in [6.45, 7) is 7.86. The molecule has 528 valence electrons. The van der Waals surface area contributed by atoms with E-state index in [1.54, 1.807) is 42.8 Å². The summed E-state index contributed by atoms with van der Waals surface area (Å²) in [7, 11) is 7.69. The number of hydrogen-bond acceptors (Lipinski definition) is 20. The number of aromatic nitrogens is 11. The van der Waals surface area contributed by atoms with Crippen LogP contribution in [-0.4, -0.2) is 160 Å². The van der Waals surface area contributed by atoms with Crippen LogP contribution in [0.2, 0.25) is 0 Å². The van der Waals surface area contributed by atoms with Crippen LogP contribution in [0, 0.1) is 5.82 Å². The molecule has 0 spiro atoms. The fourth-order valence-electron chi connectivity index (χ4n) is 14.9. The average Bonchev–Trinajstić information content (AvgIpc) is 1.58. The van der Waals surface area contributed by atoms with Crippen LogP contribution in [-0.2, 0) is 43.2 Å². The van der Waals surface area contributed by atoms with Gasteiger partial charge in [0.25, 0.3) is 17.7 Å². The number of amides is 3. The van der Waals surface area contributed by atoms with Crippen LogP contribution in [0.1, 0.15) is 85.1 Å². The topological polar surface area (TPSA) is 289 Å². The van der Waals surface area contributed by atoms with Crippen molar-refractivity contribution in [2.75, 3.05) is 92.4 Å². The second kappa shape index (κ2) is 28.6. The summed E-state index contributed by atoms with van der Waals surface area (Å²) in [5, 5.41) is 33.9. The number of methoxy groups -OCH3 is 1. The molecule has 2 aromatic carbocycles. The average molecular weight is 1400 g/mol. The summed E-state index contributed by atoms with van der Waals surface area (Å²) in [6.07, 6.45) is 21.8. The molecule has 8 aliphatic heterocycles. The van der Waals surface area contributed by atoms with Gasteiger partial charge in [-0.05, 0) is 123 Å². The molecule has 8 aromatic heterocycles. The number of nitrogens with zero attached hydrogens (tertiary/aromatic N) is 14. The second-order valence-electron chi connectivity index (χ2n) is 26.9. The minimum absolute atomic E-state index is 0.0353. The van der Waals surface area contributed by atoms with Gasteiger partial charge in [-0.25, -0.2) is 29.3 Å². The number of rotatable bonds is 14. The molecular formula is C77H77FN20O6. The number of likely N-dealkylation sites (tertiary alicyclic amines) is 1. The Balaban J connectivity index is 0.000000120. The van der Waals surface area contributed by atoms with Crippen LogP contribution in [0.4, 0.5) is 50.3 Å². The number of morpholine rings is 1. The smallest absolute Gasteiger partial charge is 0.254 e. The number of aliphatic hydroxyl groups is 1. The lowest BCUT2D eigenvalue weighted by atomic mass is 9.94. The molecule has 2 atom stereocenters. The van der Waals surface area contributed by atoms with E-state index in [1.165, 1.54) is 18.6 Å². The number of halogens is 1. The van der Waals surface area contributed by atoms with Crippen molar-refractivity contribution in [3.63, 3.8) is 0 Å². The molecule has 3 saturated heterocycles. The van der Waals surface area contributed by atoms with Crippen molar-refractivity contribution in [1.29, 1.82) is 0 Å². The van der Waals surface area contributed by atoms with E-state index in [4.69, 9.17) is 19.4 Å². The Bertz CT molecular complexity index is 5210. The van der Waals surface area contributed by atoms with E-state index in [0.717, 1.165) is 160 Å². The largest absolute Gasteiger partial charge is 0.393 e. The Kier molecular flexibility index (Phi) is 18.3. The van der Waals surface area contributed by atoms with E-state index in [0.29, 0.717) is 84.1 Å². The number of aryl methyl sites for hydroxylation is 2. The zero-order valence-electron chi connectivity index (χ0n) is 57.9. The maximum Gasteiger partial charge on any atom is 0.254 e. The van der Waals surface area contributed by atoms with Gasteiger partial charge in [0.2, 0.25) is 0 Å². The highest BCUT2D eigenvalue weighted by atomic mass is 19.1. The number of aliphatic hydroxyl groups excluding tert-OH is 1. The summed E-state index contributed by atoms with van der Waals surface area (Å²) in [5.74, 6) is 1.79. The Morgan fingerprint density at radius 1 is 0.615 bits per heavy atom. The molecule has 3 fully saturated rings. The van der Waals surface area contributed by atoms with Crippen molar-refractivity contribution >= 4 is 80.3 Å². The molecule has 27 heteroatoms. The van der Waals surface area contributed by atoms with E-state index in [9.17, 15) is 23.9 Å². The van der Waals surface area contributed by atoms with E-state index >= 15 is 0 Å². The highest BCUT2D eigenvalue weighted by molar-refractivity contribution is 6.09. The third-order valence-electron chi connectivity index (χ3n) is 20.2. The Labute approximate surface area is 598 Å². The number of ether oxygens (including phenoxy) is 2. The van der Waals surface area contributed by atoms with Crippen LogP contribution < -0.4 is 41.7 Å². The first-order valence-electron chi connectivity index (χ1n) is 34.9. The molecular weight excluding hydrogens is 1320 g/mol. The minimum Gasteiger partial charge on any atom is -0.393 e. The van der Waals surface area contributed by atoms with Gasteiger partial charge in [-0.15, -0.1) is 0 Å². The van der Waals surface area contributed by atoms with Crippen molar-refractivity contribution in [3.05, 3.63) is 198 Å². The van der Waals surface area contributed by atoms with Gasteiger partial charge >= 0.3 is 0 Å². The number of hydrogen-bond donors (Lipinski definition) is 7. The predicted molar refractivity (Wildman–Crippen MR) is 394 cm³/mol. The van der Waals surface area contributed by atoms with Gasteiger partial charge in [-0.3, -0.25) is 33.4 Å². The predicted octanol–water partition coefficient (Wildman–Crippen LogP) is 10.1. The van der Waals surface area contributed by atoms with Crippen LogP contribution in [0.25, 0.3) is 61.6 Å². The van der Waals surface area contributed by atoms with Crippen LogP contribution in [0.3, 0.4) is 0 Å². The van der Waals surface area contributed by atoms with Crippen molar-refractivity contribution in [2.24, 2.45) is 14.1 Å². The van der Waals surface area contributed by atoms with Crippen molar-refractivity contribution < 1.29 is 33.4 Å². The molecule has 0 unspecified atom stereocenters. The number of imidazole rings is 1. The van der Waals surface area contributed by atoms with Crippen LogP contribution >= 0.6 is 0 Å². The molecule has 0 saturated carbocycles. The monoisotopic (exact) mass is 1400 g/mol. The Morgan fingerprint density at radius 3 is 2.04 bits per heavy atom. The van der Waals surface area contributed by atoms with Gasteiger partial charge in [-0.2, -0.15) is 5.10 Å². The number of benzene rings is 2. The maximum absolute atomic E-state index is 13.6. The Morgan fingerprint density at radius 2 is 1.32 bits per heavy atom. The van der Waals surface area contributed by atoms with Crippen molar-refractivity contribution in [1.82, 2.24) is 74.5 Å². The standard InChI is InChI=1S/C26H25FN6O3.C26H27N7O.C25H25N7O2/c1-35-15-18-14-32(8-9-36-18)17-2-5-23(28-11-17)31-21-4-3-19(20-12-30-26(34)25(20)21)22-13-29-24-10-16(27)6-7-33(22)24;1-32-11-4-5-16(15-32)20-6-3-7-22(30-20)31-21-14-28-24(19-13-29-26(34)23(19)21)17-8-10-27-25-18(17)9-12-33(25)2;1-31-14-20-18(11-26-22(20)13-29-31)17-3-4-21(24-19(17)12-28-25(24)34)30-23-5-2-15(10-27-23)32-8-6-16(33)7-9-32/h2-7,10-11,13,18H,8-9,12,14-15H2,1H3,(H,28,31)(H,30,34);3,6-10,12,14,16H,4-5,11,13,15H2,1-2H3,(H,29,34)(H,30,31);2-5,10-11,13-14,16,33H,6-9,12H2,1H3,(H,27,30)(H,28,34)/t18-;16-;/m11./s1. The van der Waals surface area contributed by atoms with E-state index in [2.05, 4.69) is 89.7 Å². The number of piperidine rings is 2. The van der Waals surface area contributed by atoms with E-state index in [-0.39, 0.29) is 35.7 Å². The second-order valence-corrected chi connectivity index (χ2v) is 26.9. The third-order valence-corrected chi connectivity index (χ3v) is 20.2. The van der Waals surface area contributed by atoms with Crippen molar-refractivity contribution in [3.8, 4) is 44.9 Å². The number of carbonyl (C=O) groups excluding carboxylic acids is 3. The highest BCUT2D eigenvalue weighted by Crippen LogP contribution is 2.42. The normalized spacial score (nSPS) is 17.2. The molecule has 3 amide bonds. The van der Waals surface area contributed by atoms with Gasteiger partial charge in [0.1, 0.15) is 34.6 Å². The molecule has 16 heterocycles. The lowest BCUT2D eigenvalue weighted by molar-refractivity contribution is -0.0100. The van der Waals surface area contributed by atoms with Crippen molar-refractivity contribution in [2.45, 2.75) is 63.4 Å². The molecule has 0 radical (unpaired) electrons. The molecule has 26 nitrogen and oxygen atoms in total. The van der Waals surface area contributed by atoms with Crippen LogP contribution in [0.5, 0.6) is 0 Å². The first kappa shape index (κ1) is 66.8. The summed E-state index contributed by atoms with van der Waals surface area (Å²) in [4.78, 5) is 77.4. The maximum atomic E-state index is 13.6. The third kappa shape index (κ3) is 13.3. The molecule has 0 bridgehead atoms. The first-order valence-corrected chi connectivity index (χ1v) is 34.9. The lowest BCUT2D eigenvalue weighted by Gasteiger charge is -2.34. The quantitative estimate of drug-likeness (QED) is 0.0533. The van der Waals surface area contributed by atoms with Gasteiger partial charge in [0, 0.05) is 155 Å². The molecule has 104 heavy (non-hydrogen) atoms. The lowest BCUT2D eigenvalue weighted by Crippen LogP contribution is -2.44. The van der Waals surface area contributed by atoms with Gasteiger partial charge in [0.15, 0.2) is 0 Å². The number of likely N-dealkylation sites (N-methyl/N-ethyl adjacent to an activating group) is 1. The summed E-state index contributed by atoms with van der Waals surface area (Å²) in [6, 6.07) is 28.5. The molecule has 0 aliphatic carbocycles. The number of anilines is 8. The minimum atomic E-state index is -0.344. The van der Waals surface area contributed by atoms with Crippen LogP contribution in [0.15, 0.2) is 153 Å². The molecule has 10 aromatic rings. The zero-order chi connectivity index (χ0) is 71.1. The first-order chi connectivity index (χ1) is 50.7. The fraction of sp³-hybridized carbons (Fsp3) is 0.286. The van der Waals surface area contributed by atoms with Gasteiger partial charge < -0.3 is 65.7 Å². The number of carbonyl (C=O) groups is 3. The highest BCUT2D eigenvalue weighted by Gasteiger charge is 2.33. The van der Waals surface area contributed by atoms with Gasteiger partial charge in [-0.1, -0.05) is 18.2 Å². The number of pyridine rings is 6. The summed E-state index contributed by atoms with van der Waals surface area (Å²) in [5.41, 5.74) is 18.4. The molecule has 18 rings (SSSR count). The fourth-order valence-corrected chi connectivity index (χ4v) is 14.9. The number of nitrogens with one attached hydrogen (secondary N) is 6. The number of fused-ring (bicyclic) bond motifs is 6. The Hall–Kier alpha value is -11.8. The van der Waals surface area contributed by atoms with E-state index in [1.807, 2.05) is 127 Å². The molecule has 8 aliphatic rings.